The number of rotatable bonds is 3. The van der Waals surface area contributed by atoms with Crippen LogP contribution in [0.25, 0.3) is 6.08 Å². The van der Waals surface area contributed by atoms with E-state index in [1.807, 2.05) is 0 Å². The van der Waals surface area contributed by atoms with Gasteiger partial charge in [-0.05, 0) is 35.9 Å². The summed E-state index contributed by atoms with van der Waals surface area (Å²) in [6.45, 7) is 0. The van der Waals surface area contributed by atoms with Gasteiger partial charge in [0.05, 0.1) is 5.56 Å². The molecule has 2 rings (SSSR count). The summed E-state index contributed by atoms with van der Waals surface area (Å²) < 4.78 is 0. The number of ketones is 1. The maximum absolute atomic E-state index is 11.9. The standard InChI is InChI=1S/C15H12O5/c16-10-3-4-11(14(19)8-10)12(17)5-1-9-2-6-13(18)15(20)7-9/h1-8,16,18-20H/b5-1-. The van der Waals surface area contributed by atoms with Crippen molar-refractivity contribution in [3.63, 3.8) is 0 Å². The van der Waals surface area contributed by atoms with Crippen LogP contribution in [-0.4, -0.2) is 26.2 Å². The molecule has 2 aromatic carbocycles. The second kappa shape index (κ2) is 5.36. The summed E-state index contributed by atoms with van der Waals surface area (Å²) in [5, 5.41) is 37.2. The summed E-state index contributed by atoms with van der Waals surface area (Å²) >= 11 is 0. The van der Waals surface area contributed by atoms with Crippen molar-refractivity contribution in [2.45, 2.75) is 0 Å². The Bertz CT molecular complexity index is 689. The Labute approximate surface area is 114 Å². The summed E-state index contributed by atoms with van der Waals surface area (Å²) in [7, 11) is 0. The number of phenols is 4. The van der Waals surface area contributed by atoms with E-state index in [1.165, 1.54) is 42.5 Å². The number of allylic oxidation sites excluding steroid dienone is 1. The van der Waals surface area contributed by atoms with E-state index in [4.69, 9.17) is 10.2 Å². The Hall–Kier alpha value is -2.95. The lowest BCUT2D eigenvalue weighted by Crippen LogP contribution is -1.94. The largest absolute Gasteiger partial charge is 0.508 e. The van der Waals surface area contributed by atoms with E-state index in [0.717, 1.165) is 6.07 Å². The van der Waals surface area contributed by atoms with Gasteiger partial charge in [-0.3, -0.25) is 4.79 Å². The fraction of sp³-hybridized carbons (Fsp3) is 0. The molecule has 0 aliphatic heterocycles. The highest BCUT2D eigenvalue weighted by Crippen LogP contribution is 2.26. The molecule has 20 heavy (non-hydrogen) atoms. The molecular formula is C15H12O5. The number of aromatic hydroxyl groups is 4. The molecule has 0 bridgehead atoms. The second-order valence-corrected chi connectivity index (χ2v) is 4.15. The molecule has 102 valence electrons. The molecule has 0 saturated heterocycles. The van der Waals surface area contributed by atoms with Crippen molar-refractivity contribution in [1.82, 2.24) is 0 Å². The van der Waals surface area contributed by atoms with Crippen LogP contribution >= 0.6 is 0 Å². The highest BCUT2D eigenvalue weighted by Gasteiger charge is 2.08. The van der Waals surface area contributed by atoms with Gasteiger partial charge in [0.25, 0.3) is 0 Å². The van der Waals surface area contributed by atoms with Gasteiger partial charge in [-0.2, -0.15) is 0 Å². The van der Waals surface area contributed by atoms with Gasteiger partial charge in [0.2, 0.25) is 0 Å². The fourth-order valence-electron chi connectivity index (χ4n) is 1.63. The van der Waals surface area contributed by atoms with Crippen LogP contribution in [0.4, 0.5) is 0 Å². The molecule has 0 heterocycles. The molecule has 2 aromatic rings. The van der Waals surface area contributed by atoms with Gasteiger partial charge < -0.3 is 20.4 Å². The van der Waals surface area contributed by atoms with E-state index in [0.29, 0.717) is 5.56 Å². The molecule has 4 N–H and O–H groups in total. The van der Waals surface area contributed by atoms with Crippen molar-refractivity contribution in [1.29, 1.82) is 0 Å². The lowest BCUT2D eigenvalue weighted by molar-refractivity contribution is 0.104. The number of hydrogen-bond acceptors (Lipinski definition) is 5. The molecule has 0 atom stereocenters. The molecule has 0 amide bonds. The number of phenolic OH excluding ortho intramolecular Hbond substituents is 4. The highest BCUT2D eigenvalue weighted by molar-refractivity contribution is 6.08. The summed E-state index contributed by atoms with van der Waals surface area (Å²) in [4.78, 5) is 11.9. The molecule has 0 aliphatic carbocycles. The van der Waals surface area contributed by atoms with E-state index in [9.17, 15) is 15.0 Å². The molecule has 0 fully saturated rings. The first-order chi connectivity index (χ1) is 9.47. The number of benzene rings is 2. The first-order valence-electron chi connectivity index (χ1n) is 5.74. The van der Waals surface area contributed by atoms with E-state index in [-0.39, 0.29) is 28.6 Å². The third-order valence-corrected chi connectivity index (χ3v) is 2.67. The quantitative estimate of drug-likeness (QED) is 0.391. The first kappa shape index (κ1) is 13.5. The minimum Gasteiger partial charge on any atom is -0.508 e. The fourth-order valence-corrected chi connectivity index (χ4v) is 1.63. The van der Waals surface area contributed by atoms with Gasteiger partial charge >= 0.3 is 0 Å². The minimum absolute atomic E-state index is 0.0575. The SMILES string of the molecule is O=C(/C=C\c1ccc(O)c(O)c1)c1ccc(O)cc1O. The van der Waals surface area contributed by atoms with Crippen molar-refractivity contribution in [2.75, 3.05) is 0 Å². The summed E-state index contributed by atoms with van der Waals surface area (Å²) in [5.41, 5.74) is 0.578. The predicted octanol–water partition coefficient (Wildman–Crippen LogP) is 2.41. The van der Waals surface area contributed by atoms with Gasteiger partial charge in [-0.15, -0.1) is 0 Å². The van der Waals surface area contributed by atoms with Crippen LogP contribution in [0.3, 0.4) is 0 Å². The van der Waals surface area contributed by atoms with Crippen molar-refractivity contribution >= 4 is 11.9 Å². The Balaban J connectivity index is 2.22. The predicted molar refractivity (Wildman–Crippen MR) is 72.9 cm³/mol. The number of hydrogen-bond donors (Lipinski definition) is 4. The zero-order valence-electron chi connectivity index (χ0n) is 10.3. The first-order valence-corrected chi connectivity index (χ1v) is 5.74. The third kappa shape index (κ3) is 2.89. The highest BCUT2D eigenvalue weighted by atomic mass is 16.3. The summed E-state index contributed by atoms with van der Waals surface area (Å²) in [5.74, 6) is -1.42. The van der Waals surface area contributed by atoms with E-state index < -0.39 is 5.78 Å². The summed E-state index contributed by atoms with van der Waals surface area (Å²) in [6.07, 6.45) is 2.66. The Kier molecular flexibility index (Phi) is 3.61. The monoisotopic (exact) mass is 272 g/mol. The van der Waals surface area contributed by atoms with Gasteiger partial charge in [0.15, 0.2) is 17.3 Å². The van der Waals surface area contributed by atoms with E-state index in [1.54, 1.807) is 0 Å². The normalized spacial score (nSPS) is 10.8. The molecule has 5 nitrogen and oxygen atoms in total. The van der Waals surface area contributed by atoms with Gasteiger partial charge in [0, 0.05) is 6.07 Å². The van der Waals surface area contributed by atoms with Crippen LogP contribution in [0, 0.1) is 0 Å². The van der Waals surface area contributed by atoms with Gasteiger partial charge in [-0.25, -0.2) is 0 Å². The molecule has 0 spiro atoms. The third-order valence-electron chi connectivity index (χ3n) is 2.67. The van der Waals surface area contributed by atoms with Gasteiger partial charge in [-0.1, -0.05) is 12.1 Å². The minimum atomic E-state index is -0.449. The maximum atomic E-state index is 11.9. The lowest BCUT2D eigenvalue weighted by atomic mass is 10.1. The average Bonchev–Trinajstić information content (AvgIpc) is 2.40. The molecular weight excluding hydrogens is 260 g/mol. The van der Waals surface area contributed by atoms with Crippen LogP contribution in [0.2, 0.25) is 0 Å². The molecule has 0 radical (unpaired) electrons. The van der Waals surface area contributed by atoms with Crippen LogP contribution in [0.1, 0.15) is 15.9 Å². The van der Waals surface area contributed by atoms with Crippen LogP contribution in [0.15, 0.2) is 42.5 Å². The molecule has 0 unspecified atom stereocenters. The van der Waals surface area contributed by atoms with Crippen LogP contribution in [-0.2, 0) is 0 Å². The second-order valence-electron chi connectivity index (χ2n) is 4.15. The average molecular weight is 272 g/mol. The van der Waals surface area contributed by atoms with E-state index >= 15 is 0 Å². The van der Waals surface area contributed by atoms with E-state index in [2.05, 4.69) is 0 Å². The maximum Gasteiger partial charge on any atom is 0.189 e. The number of carbonyl (C=O) groups is 1. The lowest BCUT2D eigenvalue weighted by Gasteiger charge is -2.01. The van der Waals surface area contributed by atoms with Crippen molar-refractivity contribution in [2.24, 2.45) is 0 Å². The Morgan fingerprint density at radius 2 is 1.60 bits per heavy atom. The van der Waals surface area contributed by atoms with Crippen molar-refractivity contribution in [3.05, 3.63) is 53.6 Å². The van der Waals surface area contributed by atoms with Gasteiger partial charge in [0.1, 0.15) is 11.5 Å². The molecule has 0 saturated carbocycles. The zero-order valence-corrected chi connectivity index (χ0v) is 10.3. The van der Waals surface area contributed by atoms with Crippen LogP contribution < -0.4 is 0 Å². The smallest absolute Gasteiger partial charge is 0.189 e. The zero-order chi connectivity index (χ0) is 14.7. The molecule has 5 heteroatoms. The number of carbonyl (C=O) groups excluding carboxylic acids is 1. The van der Waals surface area contributed by atoms with Crippen molar-refractivity contribution in [3.8, 4) is 23.0 Å². The Morgan fingerprint density at radius 3 is 2.25 bits per heavy atom. The summed E-state index contributed by atoms with van der Waals surface area (Å²) in [6, 6.07) is 7.81. The van der Waals surface area contributed by atoms with Crippen molar-refractivity contribution < 1.29 is 25.2 Å². The Morgan fingerprint density at radius 1 is 0.850 bits per heavy atom. The topological polar surface area (TPSA) is 98.0 Å². The molecule has 0 aliphatic rings. The van der Waals surface area contributed by atoms with Crippen LogP contribution in [0.5, 0.6) is 23.0 Å². The molecule has 0 aromatic heterocycles.